The van der Waals surface area contributed by atoms with Gasteiger partial charge in [0.05, 0.1) is 0 Å². The van der Waals surface area contributed by atoms with Crippen molar-refractivity contribution >= 4 is 5.97 Å². The smallest absolute Gasteiger partial charge is 0.349 e. The highest BCUT2D eigenvalue weighted by atomic mass is 19.2. The second-order valence-electron chi connectivity index (χ2n) is 6.41. The first kappa shape index (κ1) is 19.9. The van der Waals surface area contributed by atoms with E-state index in [1.165, 1.54) is 0 Å². The van der Waals surface area contributed by atoms with Gasteiger partial charge in [-0.15, -0.1) is 0 Å². The molecule has 7 heteroatoms. The predicted molar refractivity (Wildman–Crippen MR) is 85.8 cm³/mol. The molecule has 0 radical (unpaired) electrons. The van der Waals surface area contributed by atoms with Crippen LogP contribution in [0.25, 0.3) is 0 Å². The predicted octanol–water partition coefficient (Wildman–Crippen LogP) is 5.85. The molecule has 0 aliphatic heterocycles. The number of carbonyl (C=O) groups excluding carboxylic acids is 1. The molecule has 0 unspecified atom stereocenters. The molecule has 0 aromatic heterocycles. The maximum Gasteiger partial charge on any atom is 0.349 e. The molecule has 0 saturated heterocycles. The summed E-state index contributed by atoms with van der Waals surface area (Å²) in [6.07, 6.45) is 0. The number of esters is 1. The number of hydrogen-bond acceptors (Lipinski definition) is 2. The fourth-order valence-electron chi connectivity index (χ4n) is 2.53. The molecule has 0 bridgehead atoms. The molecule has 2 aromatic carbocycles. The first-order chi connectivity index (χ1) is 12.1. The Hall–Kier alpha value is -2.44. The Labute approximate surface area is 147 Å². The Morgan fingerprint density at radius 2 is 1.15 bits per heavy atom. The molecule has 2 rings (SSSR count). The van der Waals surface area contributed by atoms with Crippen molar-refractivity contribution in [1.82, 2.24) is 0 Å². The molecular formula is C19H17F5O2. The quantitative estimate of drug-likeness (QED) is 0.221. The summed E-state index contributed by atoms with van der Waals surface area (Å²) < 4.78 is 72.7. The van der Waals surface area contributed by atoms with Crippen molar-refractivity contribution < 1.29 is 31.5 Å². The third-order valence-corrected chi connectivity index (χ3v) is 3.93. The molecule has 0 fully saturated rings. The molecular weight excluding hydrogens is 355 g/mol. The third kappa shape index (κ3) is 3.43. The van der Waals surface area contributed by atoms with Crippen molar-refractivity contribution in [3.63, 3.8) is 0 Å². The lowest BCUT2D eigenvalue weighted by atomic mass is 9.94. The Balaban J connectivity index is 2.60. The van der Waals surface area contributed by atoms with Gasteiger partial charge in [0.1, 0.15) is 11.3 Å². The number of carbonyl (C=O) groups is 1. The van der Waals surface area contributed by atoms with E-state index in [0.717, 1.165) is 0 Å². The lowest BCUT2D eigenvalue weighted by Crippen LogP contribution is -2.19. The molecule has 0 aliphatic rings. The van der Waals surface area contributed by atoms with Gasteiger partial charge in [-0.3, -0.25) is 0 Å². The second-order valence-corrected chi connectivity index (χ2v) is 6.41. The topological polar surface area (TPSA) is 26.3 Å². The van der Waals surface area contributed by atoms with Crippen LogP contribution >= 0.6 is 0 Å². The van der Waals surface area contributed by atoms with E-state index in [4.69, 9.17) is 4.74 Å². The van der Waals surface area contributed by atoms with Crippen molar-refractivity contribution in [2.75, 3.05) is 0 Å². The average molecular weight is 372 g/mol. The van der Waals surface area contributed by atoms with E-state index in [2.05, 4.69) is 0 Å². The first-order valence-electron chi connectivity index (χ1n) is 7.94. The molecule has 0 N–H and O–H groups in total. The van der Waals surface area contributed by atoms with Gasteiger partial charge in [-0.1, -0.05) is 45.9 Å². The monoisotopic (exact) mass is 372 g/mol. The molecule has 140 valence electrons. The summed E-state index contributed by atoms with van der Waals surface area (Å²) in [6.45, 7) is 7.26. The molecule has 0 aliphatic carbocycles. The highest BCUT2D eigenvalue weighted by Gasteiger charge is 2.32. The van der Waals surface area contributed by atoms with Crippen LogP contribution in [0.1, 0.15) is 61.0 Å². The van der Waals surface area contributed by atoms with Gasteiger partial charge in [-0.2, -0.15) is 0 Å². The van der Waals surface area contributed by atoms with Crippen LogP contribution in [0.3, 0.4) is 0 Å². The number of rotatable bonds is 4. The summed E-state index contributed by atoms with van der Waals surface area (Å²) in [5.74, 6) is -13.0. The van der Waals surface area contributed by atoms with Crippen LogP contribution in [-0.2, 0) is 0 Å². The van der Waals surface area contributed by atoms with E-state index in [-0.39, 0.29) is 17.6 Å². The van der Waals surface area contributed by atoms with Crippen LogP contribution in [0.15, 0.2) is 18.2 Å². The minimum Gasteiger partial charge on any atom is -0.422 e. The SMILES string of the molecule is CC(C)c1cccc(C(C)C)c1OC(=O)c1c(F)c(F)c(F)c(F)c1F. The van der Waals surface area contributed by atoms with Crippen LogP contribution in [0, 0.1) is 29.1 Å². The lowest BCUT2D eigenvalue weighted by molar-refractivity contribution is 0.0717. The molecule has 2 aromatic rings. The van der Waals surface area contributed by atoms with Crippen LogP contribution in [0.5, 0.6) is 5.75 Å². The van der Waals surface area contributed by atoms with E-state index in [1.54, 1.807) is 18.2 Å². The average Bonchev–Trinajstić information content (AvgIpc) is 2.58. The fraction of sp³-hybridized carbons (Fsp3) is 0.316. The van der Waals surface area contributed by atoms with Gasteiger partial charge in [0.25, 0.3) is 0 Å². The number of para-hydroxylation sites is 1. The number of ether oxygens (including phenoxy) is 1. The van der Waals surface area contributed by atoms with Crippen LogP contribution in [0.4, 0.5) is 22.0 Å². The minimum absolute atomic E-state index is 0.0615. The largest absolute Gasteiger partial charge is 0.422 e. The van der Waals surface area contributed by atoms with Gasteiger partial charge in [0, 0.05) is 0 Å². The van der Waals surface area contributed by atoms with Crippen LogP contribution in [0.2, 0.25) is 0 Å². The zero-order valence-corrected chi connectivity index (χ0v) is 14.6. The Morgan fingerprint density at radius 1 is 0.769 bits per heavy atom. The summed E-state index contributed by atoms with van der Waals surface area (Å²) in [4.78, 5) is 12.3. The van der Waals surface area contributed by atoms with Gasteiger partial charge in [0.15, 0.2) is 23.3 Å². The van der Waals surface area contributed by atoms with Crippen molar-refractivity contribution in [1.29, 1.82) is 0 Å². The third-order valence-electron chi connectivity index (χ3n) is 3.93. The molecule has 0 spiro atoms. The van der Waals surface area contributed by atoms with Gasteiger partial charge in [-0.25, -0.2) is 26.7 Å². The van der Waals surface area contributed by atoms with Crippen molar-refractivity contribution in [2.24, 2.45) is 0 Å². The van der Waals surface area contributed by atoms with Gasteiger partial charge >= 0.3 is 5.97 Å². The van der Waals surface area contributed by atoms with Crippen molar-refractivity contribution in [3.05, 3.63) is 64.0 Å². The molecule has 0 atom stereocenters. The normalized spacial score (nSPS) is 11.3. The summed E-state index contributed by atoms with van der Waals surface area (Å²) in [7, 11) is 0. The Kier molecular flexibility index (Phi) is 5.68. The number of halogens is 5. The van der Waals surface area contributed by atoms with Crippen LogP contribution in [-0.4, -0.2) is 5.97 Å². The molecule has 26 heavy (non-hydrogen) atoms. The van der Waals surface area contributed by atoms with E-state index in [0.29, 0.717) is 11.1 Å². The molecule has 0 amide bonds. The zero-order chi connectivity index (χ0) is 19.8. The Morgan fingerprint density at radius 3 is 1.54 bits per heavy atom. The van der Waals surface area contributed by atoms with Gasteiger partial charge in [0.2, 0.25) is 5.82 Å². The van der Waals surface area contributed by atoms with Gasteiger partial charge in [-0.05, 0) is 23.0 Å². The van der Waals surface area contributed by atoms with Crippen molar-refractivity contribution in [3.8, 4) is 5.75 Å². The maximum atomic E-state index is 13.9. The lowest BCUT2D eigenvalue weighted by Gasteiger charge is -2.19. The number of benzene rings is 2. The Bertz CT molecular complexity index is 804. The fourth-order valence-corrected chi connectivity index (χ4v) is 2.53. The number of hydrogen-bond donors (Lipinski definition) is 0. The molecule has 0 saturated carbocycles. The van der Waals surface area contributed by atoms with Crippen LogP contribution < -0.4 is 4.74 Å². The van der Waals surface area contributed by atoms with E-state index in [9.17, 15) is 26.7 Å². The second kappa shape index (κ2) is 7.43. The zero-order valence-electron chi connectivity index (χ0n) is 14.6. The molecule has 0 heterocycles. The van der Waals surface area contributed by atoms with Crippen molar-refractivity contribution in [2.45, 2.75) is 39.5 Å². The summed E-state index contributed by atoms with van der Waals surface area (Å²) in [6, 6.07) is 5.07. The first-order valence-corrected chi connectivity index (χ1v) is 7.94. The highest BCUT2D eigenvalue weighted by molar-refractivity contribution is 5.92. The van der Waals surface area contributed by atoms with Gasteiger partial charge < -0.3 is 4.74 Å². The minimum atomic E-state index is -2.33. The van der Waals surface area contributed by atoms with E-state index < -0.39 is 40.6 Å². The van der Waals surface area contributed by atoms with E-state index >= 15 is 0 Å². The standard InChI is InChI=1S/C19H17F5O2/c1-8(2)10-6-5-7-11(9(3)4)18(10)26-19(25)12-13(20)15(22)17(24)16(23)14(12)21/h5-9H,1-4H3. The highest BCUT2D eigenvalue weighted by Crippen LogP contribution is 2.35. The summed E-state index contributed by atoms with van der Waals surface area (Å²) in [5, 5.41) is 0. The summed E-state index contributed by atoms with van der Waals surface area (Å²) in [5.41, 5.74) is -0.462. The maximum absolute atomic E-state index is 13.9. The van der Waals surface area contributed by atoms with E-state index in [1.807, 2.05) is 27.7 Å². The molecule has 2 nitrogen and oxygen atoms in total. The summed E-state index contributed by atoms with van der Waals surface area (Å²) >= 11 is 0.